The van der Waals surface area contributed by atoms with Gasteiger partial charge in [0.05, 0.1) is 22.6 Å². The number of halogens is 4. The minimum absolute atomic E-state index is 0.0446. The highest BCUT2D eigenvalue weighted by atomic mass is 35.5. The average Bonchev–Trinajstić information content (AvgIpc) is 2.66. The van der Waals surface area contributed by atoms with Crippen LogP contribution in [0.25, 0.3) is 0 Å². The average molecular weight is 457 g/mol. The highest BCUT2D eigenvalue weighted by Gasteiger charge is 2.37. The maximum absolute atomic E-state index is 13.0. The van der Waals surface area contributed by atoms with Gasteiger partial charge in [0.2, 0.25) is 15.9 Å². The number of ether oxygens (including phenoxy) is 1. The summed E-state index contributed by atoms with van der Waals surface area (Å²) < 4.78 is 70.0. The van der Waals surface area contributed by atoms with E-state index in [9.17, 15) is 31.2 Å². The lowest BCUT2D eigenvalue weighted by atomic mass is 9.97. The van der Waals surface area contributed by atoms with E-state index in [1.165, 1.54) is 14.0 Å². The number of carbonyl (C=O) groups is 2. The topological polar surface area (TPSA) is 92.8 Å². The van der Waals surface area contributed by atoms with Gasteiger partial charge in [0.1, 0.15) is 6.04 Å². The molecular weight excluding hydrogens is 437 g/mol. The Morgan fingerprint density at radius 3 is 2.38 bits per heavy atom. The molecule has 0 radical (unpaired) electrons. The van der Waals surface area contributed by atoms with Crippen LogP contribution in [0.2, 0.25) is 5.02 Å². The molecule has 0 bridgehead atoms. The van der Waals surface area contributed by atoms with Crippen molar-refractivity contribution in [1.29, 1.82) is 0 Å². The first-order valence-corrected chi connectivity index (χ1v) is 10.4. The number of alkyl halides is 3. The van der Waals surface area contributed by atoms with Gasteiger partial charge in [0.25, 0.3) is 0 Å². The van der Waals surface area contributed by atoms with Gasteiger partial charge >= 0.3 is 12.1 Å². The molecule has 2 rings (SSSR count). The van der Waals surface area contributed by atoms with E-state index < -0.39 is 55.5 Å². The summed E-state index contributed by atoms with van der Waals surface area (Å²) in [6.07, 6.45) is -4.46. The van der Waals surface area contributed by atoms with E-state index in [2.05, 4.69) is 10.1 Å². The zero-order valence-electron chi connectivity index (χ0n) is 15.6. The summed E-state index contributed by atoms with van der Waals surface area (Å²) >= 11 is 5.54. The molecule has 7 nitrogen and oxygen atoms in total. The molecule has 1 fully saturated rings. The molecule has 1 saturated heterocycles. The van der Waals surface area contributed by atoms with Gasteiger partial charge in [-0.25, -0.2) is 13.2 Å². The maximum atomic E-state index is 13.0. The monoisotopic (exact) mass is 456 g/mol. The number of rotatable bonds is 5. The van der Waals surface area contributed by atoms with E-state index in [1.54, 1.807) is 0 Å². The Bertz CT molecular complexity index is 884. The minimum Gasteiger partial charge on any atom is -0.467 e. The van der Waals surface area contributed by atoms with Gasteiger partial charge in [-0.2, -0.15) is 17.5 Å². The summed E-state index contributed by atoms with van der Waals surface area (Å²) in [5, 5.41) is 1.90. The first-order valence-electron chi connectivity index (χ1n) is 8.63. The Balaban J connectivity index is 2.09. The van der Waals surface area contributed by atoms with Gasteiger partial charge < -0.3 is 10.1 Å². The van der Waals surface area contributed by atoms with E-state index in [1.807, 2.05) is 0 Å². The Labute approximate surface area is 171 Å². The second-order valence-electron chi connectivity index (χ2n) is 6.57. The Hall–Kier alpha value is -1.85. The normalized spacial score (nSPS) is 17.6. The maximum Gasteiger partial charge on any atom is 0.417 e. The molecular formula is C17H20ClF3N2O5S. The molecule has 1 atom stereocenters. The summed E-state index contributed by atoms with van der Waals surface area (Å²) in [6, 6.07) is 1.58. The van der Waals surface area contributed by atoms with Crippen LogP contribution in [-0.4, -0.2) is 50.8 Å². The van der Waals surface area contributed by atoms with E-state index in [-0.39, 0.29) is 25.9 Å². The Morgan fingerprint density at radius 2 is 1.86 bits per heavy atom. The van der Waals surface area contributed by atoms with Crippen LogP contribution in [0.5, 0.6) is 0 Å². The molecule has 0 saturated carbocycles. The number of amides is 1. The Kier molecular flexibility index (Phi) is 7.18. The highest BCUT2D eigenvalue weighted by Crippen LogP contribution is 2.36. The van der Waals surface area contributed by atoms with E-state index in [4.69, 9.17) is 11.6 Å². The molecule has 1 unspecified atom stereocenters. The number of benzene rings is 1. The van der Waals surface area contributed by atoms with Gasteiger partial charge in [-0.05, 0) is 38.0 Å². The smallest absolute Gasteiger partial charge is 0.417 e. The highest BCUT2D eigenvalue weighted by molar-refractivity contribution is 7.89. The fourth-order valence-electron chi connectivity index (χ4n) is 2.96. The fourth-order valence-corrected chi connectivity index (χ4v) is 4.68. The molecule has 1 aromatic rings. The van der Waals surface area contributed by atoms with Gasteiger partial charge in [-0.1, -0.05) is 11.6 Å². The lowest BCUT2D eigenvalue weighted by Crippen LogP contribution is -2.46. The first kappa shape index (κ1) is 23.4. The molecule has 162 valence electrons. The number of esters is 1. The van der Waals surface area contributed by atoms with Crippen molar-refractivity contribution < 1.29 is 35.9 Å². The van der Waals surface area contributed by atoms with Crippen molar-refractivity contribution in [3.8, 4) is 0 Å². The Morgan fingerprint density at radius 1 is 1.28 bits per heavy atom. The van der Waals surface area contributed by atoms with Crippen LogP contribution in [0, 0.1) is 5.92 Å². The van der Waals surface area contributed by atoms with Crippen LogP contribution in [0.3, 0.4) is 0 Å². The predicted octanol–water partition coefficient (Wildman–Crippen LogP) is 2.44. The molecule has 1 aliphatic heterocycles. The van der Waals surface area contributed by atoms with Gasteiger partial charge in [0, 0.05) is 19.0 Å². The molecule has 0 aromatic heterocycles. The lowest BCUT2D eigenvalue weighted by molar-refractivity contribution is -0.145. The fraction of sp³-hybridized carbons (Fsp3) is 0.529. The van der Waals surface area contributed by atoms with Gasteiger partial charge in [-0.3, -0.25) is 4.79 Å². The number of sulfonamides is 1. The van der Waals surface area contributed by atoms with Crippen molar-refractivity contribution in [2.24, 2.45) is 5.92 Å². The summed E-state index contributed by atoms with van der Waals surface area (Å²) in [5.74, 6) is -1.54. The second kappa shape index (κ2) is 8.88. The SMILES string of the molecule is COC(=O)C(C)NC(=O)C1CCN(S(=O)(=O)c2ccc(Cl)c(C(F)(F)F)c2)CC1. The zero-order valence-corrected chi connectivity index (χ0v) is 17.2. The number of hydrogen-bond acceptors (Lipinski definition) is 5. The summed E-state index contributed by atoms with van der Waals surface area (Å²) in [4.78, 5) is 23.1. The lowest BCUT2D eigenvalue weighted by Gasteiger charge is -2.31. The van der Waals surface area contributed by atoms with Gasteiger partial charge in [0.15, 0.2) is 0 Å². The molecule has 1 amide bonds. The van der Waals surface area contributed by atoms with Crippen molar-refractivity contribution in [3.05, 3.63) is 28.8 Å². The standard InChI is InChI=1S/C17H20ClF3N2O5S/c1-10(16(25)28-2)22-15(24)11-5-7-23(8-6-11)29(26,27)12-3-4-14(18)13(9-12)17(19,20)21/h3-4,9-11H,5-8H2,1-2H3,(H,22,24). The zero-order chi connectivity index (χ0) is 22.0. The third-order valence-electron chi connectivity index (χ3n) is 4.62. The predicted molar refractivity (Wildman–Crippen MR) is 97.6 cm³/mol. The second-order valence-corrected chi connectivity index (χ2v) is 8.92. The van der Waals surface area contributed by atoms with Crippen LogP contribution >= 0.6 is 11.6 Å². The summed E-state index contributed by atoms with van der Waals surface area (Å²) in [6.45, 7) is 1.37. The number of carbonyl (C=O) groups excluding carboxylic acids is 2. The third-order valence-corrected chi connectivity index (χ3v) is 6.84. The van der Waals surface area contributed by atoms with E-state index in [0.29, 0.717) is 6.07 Å². The van der Waals surface area contributed by atoms with Crippen molar-refractivity contribution in [3.63, 3.8) is 0 Å². The third kappa shape index (κ3) is 5.40. The van der Waals surface area contributed by atoms with Crippen molar-refractivity contribution in [1.82, 2.24) is 9.62 Å². The van der Waals surface area contributed by atoms with Crippen LogP contribution < -0.4 is 5.32 Å². The van der Waals surface area contributed by atoms with Crippen molar-refractivity contribution >= 4 is 33.5 Å². The number of piperidine rings is 1. The molecule has 0 spiro atoms. The largest absolute Gasteiger partial charge is 0.467 e. The summed E-state index contributed by atoms with van der Waals surface area (Å²) in [7, 11) is -2.99. The molecule has 1 heterocycles. The first-order chi connectivity index (χ1) is 13.4. The van der Waals surface area contributed by atoms with Crippen LogP contribution in [0.15, 0.2) is 23.1 Å². The minimum atomic E-state index is -4.79. The van der Waals surface area contributed by atoms with Crippen LogP contribution in [-0.2, 0) is 30.5 Å². The number of methoxy groups -OCH3 is 1. The van der Waals surface area contributed by atoms with Crippen LogP contribution in [0.1, 0.15) is 25.3 Å². The number of hydrogen-bond donors (Lipinski definition) is 1. The summed E-state index contributed by atoms with van der Waals surface area (Å²) in [5.41, 5.74) is -1.23. The van der Waals surface area contributed by atoms with Crippen LogP contribution in [0.4, 0.5) is 13.2 Å². The van der Waals surface area contributed by atoms with Crippen molar-refractivity contribution in [2.75, 3.05) is 20.2 Å². The molecule has 1 aliphatic rings. The van der Waals surface area contributed by atoms with Gasteiger partial charge in [-0.15, -0.1) is 0 Å². The molecule has 1 N–H and O–H groups in total. The van der Waals surface area contributed by atoms with E-state index >= 15 is 0 Å². The molecule has 1 aromatic carbocycles. The van der Waals surface area contributed by atoms with Crippen molar-refractivity contribution in [2.45, 2.75) is 36.9 Å². The number of nitrogens with zero attached hydrogens (tertiary/aromatic N) is 1. The molecule has 29 heavy (non-hydrogen) atoms. The quantitative estimate of drug-likeness (QED) is 0.687. The molecule has 0 aliphatic carbocycles. The number of nitrogens with one attached hydrogen (secondary N) is 1. The van der Waals surface area contributed by atoms with E-state index in [0.717, 1.165) is 16.4 Å². The molecule has 12 heteroatoms.